The summed E-state index contributed by atoms with van der Waals surface area (Å²) in [5, 5.41) is 9.39. The number of nitrogens with one attached hydrogen (secondary N) is 3. The van der Waals surface area contributed by atoms with E-state index in [1.165, 1.54) is 0 Å². The molecular weight excluding hydrogens is 326 g/mol. The lowest BCUT2D eigenvalue weighted by Crippen LogP contribution is -2.62. The zero-order chi connectivity index (χ0) is 18.0. The van der Waals surface area contributed by atoms with Gasteiger partial charge in [-0.05, 0) is 64.8 Å². The molecule has 2 aliphatic rings. The summed E-state index contributed by atoms with van der Waals surface area (Å²) in [4.78, 5) is 24.3. The molecule has 1 fully saturated rings. The molecular formula is C18H24ClN3O2. The van der Waals surface area contributed by atoms with E-state index in [2.05, 4.69) is 49.4 Å². The summed E-state index contributed by atoms with van der Waals surface area (Å²) < 4.78 is 0. The molecule has 0 unspecified atom stereocenters. The first kappa shape index (κ1) is 18.5. The van der Waals surface area contributed by atoms with Gasteiger partial charge in [0.2, 0.25) is 0 Å². The van der Waals surface area contributed by atoms with Crippen molar-refractivity contribution in [3.05, 3.63) is 40.8 Å². The van der Waals surface area contributed by atoms with Gasteiger partial charge in [0.25, 0.3) is 0 Å². The second-order valence-corrected chi connectivity index (χ2v) is 7.95. The second kappa shape index (κ2) is 6.98. The van der Waals surface area contributed by atoms with Crippen LogP contribution >= 0.6 is 11.6 Å². The number of allylic oxidation sites excluding steroid dienone is 4. The maximum atomic E-state index is 12.2. The summed E-state index contributed by atoms with van der Waals surface area (Å²) in [5.74, 6) is -1.32. The zero-order valence-electron chi connectivity index (χ0n) is 14.5. The Bertz CT molecular complexity index is 652. The smallest absolute Gasteiger partial charge is 0.313 e. The van der Waals surface area contributed by atoms with E-state index in [0.29, 0.717) is 10.7 Å². The fraction of sp³-hybridized carbons (Fsp3) is 0.500. The number of hydrogen-bond donors (Lipinski definition) is 3. The molecule has 0 saturated carbocycles. The van der Waals surface area contributed by atoms with Crippen molar-refractivity contribution in [1.82, 2.24) is 16.0 Å². The van der Waals surface area contributed by atoms with Crippen molar-refractivity contribution in [2.45, 2.75) is 57.7 Å². The van der Waals surface area contributed by atoms with E-state index in [9.17, 15) is 9.59 Å². The van der Waals surface area contributed by atoms with Crippen molar-refractivity contribution in [3.63, 3.8) is 0 Å². The van der Waals surface area contributed by atoms with Crippen LogP contribution < -0.4 is 16.0 Å². The first-order valence-corrected chi connectivity index (χ1v) is 8.36. The number of halogens is 1. The Morgan fingerprint density at radius 3 is 2.42 bits per heavy atom. The van der Waals surface area contributed by atoms with Gasteiger partial charge in [0, 0.05) is 22.8 Å². The average Bonchev–Trinajstić information content (AvgIpc) is 2.60. The Hall–Kier alpha value is -1.81. The van der Waals surface area contributed by atoms with Crippen molar-refractivity contribution in [3.8, 4) is 0 Å². The largest absolute Gasteiger partial charge is 0.345 e. The predicted octanol–water partition coefficient (Wildman–Crippen LogP) is 2.26. The van der Waals surface area contributed by atoms with Crippen LogP contribution in [-0.2, 0) is 9.59 Å². The second-order valence-electron chi connectivity index (χ2n) is 7.54. The first-order chi connectivity index (χ1) is 11.1. The molecule has 24 heavy (non-hydrogen) atoms. The van der Waals surface area contributed by atoms with E-state index in [1.54, 1.807) is 24.3 Å². The summed E-state index contributed by atoms with van der Waals surface area (Å²) >= 11 is 5.82. The molecule has 1 heterocycles. The van der Waals surface area contributed by atoms with Gasteiger partial charge < -0.3 is 16.0 Å². The molecule has 0 spiro atoms. The molecule has 0 bridgehead atoms. The SMILES string of the molecule is CC1(C)CC(NC(=O)C(=O)NC2=CC=C=C(Cl)C=C2)CC(C)(C)N1. The van der Waals surface area contributed by atoms with Crippen LogP contribution in [0.3, 0.4) is 0 Å². The molecule has 6 heteroatoms. The van der Waals surface area contributed by atoms with Crippen LogP contribution in [0.5, 0.6) is 0 Å². The van der Waals surface area contributed by atoms with Gasteiger partial charge in [-0.25, -0.2) is 0 Å². The van der Waals surface area contributed by atoms with E-state index >= 15 is 0 Å². The van der Waals surface area contributed by atoms with Crippen LogP contribution in [0.1, 0.15) is 40.5 Å². The molecule has 0 aromatic rings. The van der Waals surface area contributed by atoms with Gasteiger partial charge in [-0.2, -0.15) is 0 Å². The molecule has 5 nitrogen and oxygen atoms in total. The highest BCUT2D eigenvalue weighted by atomic mass is 35.5. The van der Waals surface area contributed by atoms with Crippen LogP contribution in [0.15, 0.2) is 40.8 Å². The van der Waals surface area contributed by atoms with E-state index in [4.69, 9.17) is 11.6 Å². The molecule has 1 saturated heterocycles. The quantitative estimate of drug-likeness (QED) is 0.529. The highest BCUT2D eigenvalue weighted by molar-refractivity contribution is 6.35. The minimum atomic E-state index is -0.688. The molecule has 2 rings (SSSR count). The number of carbonyl (C=O) groups is 2. The van der Waals surface area contributed by atoms with Crippen molar-refractivity contribution in [2.24, 2.45) is 0 Å². The first-order valence-electron chi connectivity index (χ1n) is 7.98. The van der Waals surface area contributed by atoms with Gasteiger partial charge in [0.15, 0.2) is 0 Å². The fourth-order valence-electron chi connectivity index (χ4n) is 3.42. The van der Waals surface area contributed by atoms with Gasteiger partial charge in [-0.3, -0.25) is 9.59 Å². The highest BCUT2D eigenvalue weighted by Gasteiger charge is 2.38. The van der Waals surface area contributed by atoms with Gasteiger partial charge in [0.1, 0.15) is 0 Å². The van der Waals surface area contributed by atoms with Crippen LogP contribution in [0.4, 0.5) is 0 Å². The number of piperidine rings is 1. The van der Waals surface area contributed by atoms with Crippen molar-refractivity contribution >= 4 is 23.4 Å². The third-order valence-corrected chi connectivity index (χ3v) is 4.12. The normalized spacial score (nSPS) is 22.2. The minimum absolute atomic E-state index is 0.0517. The van der Waals surface area contributed by atoms with Crippen LogP contribution in [0, 0.1) is 0 Å². The lowest BCUT2D eigenvalue weighted by atomic mass is 9.79. The van der Waals surface area contributed by atoms with Crippen LogP contribution in [-0.4, -0.2) is 28.9 Å². The standard InChI is InChI=1S/C18H24ClN3O2/c1-17(2)10-14(11-18(3,4)22-17)21-16(24)15(23)20-13-7-5-6-12(19)8-9-13/h5,7-9,14,22H,10-11H2,1-4H3,(H,20,23)(H,21,24). The minimum Gasteiger partial charge on any atom is -0.345 e. The summed E-state index contributed by atoms with van der Waals surface area (Å²) in [7, 11) is 0. The topological polar surface area (TPSA) is 70.2 Å². The molecule has 0 atom stereocenters. The molecule has 130 valence electrons. The van der Waals surface area contributed by atoms with Crippen molar-refractivity contribution < 1.29 is 9.59 Å². The van der Waals surface area contributed by atoms with Crippen molar-refractivity contribution in [2.75, 3.05) is 0 Å². The number of hydrogen-bond acceptors (Lipinski definition) is 3. The molecule has 0 aromatic carbocycles. The third-order valence-electron chi connectivity index (χ3n) is 3.88. The van der Waals surface area contributed by atoms with E-state index in [-0.39, 0.29) is 17.1 Å². The number of carbonyl (C=O) groups excluding carboxylic acids is 2. The van der Waals surface area contributed by atoms with Gasteiger partial charge in [-0.1, -0.05) is 11.6 Å². The molecule has 2 amide bonds. The predicted molar refractivity (Wildman–Crippen MR) is 95.3 cm³/mol. The number of rotatable bonds is 2. The summed E-state index contributed by atoms with van der Waals surface area (Å²) in [6, 6.07) is -0.0517. The lowest BCUT2D eigenvalue weighted by Gasteiger charge is -2.46. The number of amides is 2. The van der Waals surface area contributed by atoms with Gasteiger partial charge in [-0.15, -0.1) is 5.73 Å². The third kappa shape index (κ3) is 5.38. The summed E-state index contributed by atoms with van der Waals surface area (Å²) in [6.45, 7) is 8.38. The molecule has 1 aliphatic heterocycles. The van der Waals surface area contributed by atoms with Gasteiger partial charge >= 0.3 is 11.8 Å². The Morgan fingerprint density at radius 1 is 1.17 bits per heavy atom. The Morgan fingerprint density at radius 2 is 1.79 bits per heavy atom. The highest BCUT2D eigenvalue weighted by Crippen LogP contribution is 2.28. The maximum Gasteiger partial charge on any atom is 0.313 e. The van der Waals surface area contributed by atoms with E-state index in [1.807, 2.05) is 0 Å². The molecule has 0 aromatic heterocycles. The molecule has 0 radical (unpaired) electrons. The Kier molecular flexibility index (Phi) is 5.38. The van der Waals surface area contributed by atoms with E-state index < -0.39 is 11.8 Å². The Balaban J connectivity index is 1.95. The molecule has 3 N–H and O–H groups in total. The van der Waals surface area contributed by atoms with Gasteiger partial charge in [0.05, 0.1) is 5.03 Å². The van der Waals surface area contributed by atoms with E-state index in [0.717, 1.165) is 12.8 Å². The average molecular weight is 350 g/mol. The lowest BCUT2D eigenvalue weighted by molar-refractivity contribution is -0.139. The van der Waals surface area contributed by atoms with Crippen molar-refractivity contribution in [1.29, 1.82) is 0 Å². The Labute approximate surface area is 147 Å². The van der Waals surface area contributed by atoms with Crippen LogP contribution in [0.25, 0.3) is 0 Å². The fourth-order valence-corrected chi connectivity index (χ4v) is 3.55. The van der Waals surface area contributed by atoms with Crippen LogP contribution in [0.2, 0.25) is 0 Å². The maximum absolute atomic E-state index is 12.2. The summed E-state index contributed by atoms with van der Waals surface area (Å²) in [5.41, 5.74) is 3.08. The monoisotopic (exact) mass is 349 g/mol. The zero-order valence-corrected chi connectivity index (χ0v) is 15.3. The molecule has 1 aliphatic carbocycles. The summed E-state index contributed by atoms with van der Waals surface area (Å²) in [6.07, 6.45) is 7.98.